The van der Waals surface area contributed by atoms with Crippen LogP contribution in [0.3, 0.4) is 0 Å². The Morgan fingerprint density at radius 2 is 2.48 bits per heavy atom. The van der Waals surface area contributed by atoms with Crippen LogP contribution in [0.4, 0.5) is 0 Å². The number of nitrogens with zero attached hydrogens (tertiary/aromatic N) is 2. The summed E-state index contributed by atoms with van der Waals surface area (Å²) in [4.78, 5) is 5.53. The van der Waals surface area contributed by atoms with E-state index < -0.39 is 0 Å². The zero-order valence-corrected chi connectivity index (χ0v) is 11.8. The van der Waals surface area contributed by atoms with Crippen LogP contribution in [0.1, 0.15) is 23.7 Å². The lowest BCUT2D eigenvalue weighted by molar-refractivity contribution is -0.0716. The summed E-state index contributed by atoms with van der Waals surface area (Å²) in [5.41, 5.74) is 3.95. The summed E-state index contributed by atoms with van der Waals surface area (Å²) in [7, 11) is 0.140. The Kier molecular flexibility index (Phi) is 2.75. The predicted octanol–water partition coefficient (Wildman–Crippen LogP) is 2.67. The highest BCUT2D eigenvalue weighted by Crippen LogP contribution is 2.53. The molecular formula is C14H15BN3O3+. The van der Waals surface area contributed by atoms with Crippen molar-refractivity contribution in [2.24, 2.45) is 0 Å². The van der Waals surface area contributed by atoms with E-state index in [4.69, 9.17) is 9.54 Å². The zero-order chi connectivity index (χ0) is 14.4. The molecule has 3 heterocycles. The number of aromatic nitrogens is 3. The van der Waals surface area contributed by atoms with Crippen molar-refractivity contribution in [3.8, 4) is 11.5 Å². The second kappa shape index (κ2) is 4.63. The molecule has 21 heavy (non-hydrogen) atoms. The molecule has 0 saturated carbocycles. The maximum atomic E-state index is 5.90. The summed E-state index contributed by atoms with van der Waals surface area (Å²) >= 11 is 0. The van der Waals surface area contributed by atoms with Crippen molar-refractivity contribution in [3.63, 3.8) is 0 Å². The van der Waals surface area contributed by atoms with Crippen molar-refractivity contribution in [1.29, 1.82) is 0 Å². The maximum absolute atomic E-state index is 5.90. The molecular weight excluding hydrogens is 269 g/mol. The van der Waals surface area contributed by atoms with Gasteiger partial charge in [-0.25, -0.2) is 0 Å². The van der Waals surface area contributed by atoms with E-state index in [1.807, 2.05) is 13.0 Å². The van der Waals surface area contributed by atoms with Crippen LogP contribution in [0.2, 0.25) is 6.32 Å². The molecule has 4 rings (SSSR count). The van der Waals surface area contributed by atoms with Crippen molar-refractivity contribution in [2.75, 3.05) is 0 Å². The lowest BCUT2D eigenvalue weighted by Crippen LogP contribution is -2.08. The Labute approximate surface area is 122 Å². The molecule has 0 unspecified atom stereocenters. The third-order valence-electron chi connectivity index (χ3n) is 3.73. The molecule has 1 aromatic carbocycles. The van der Waals surface area contributed by atoms with Gasteiger partial charge in [0.15, 0.2) is 0 Å². The van der Waals surface area contributed by atoms with Crippen LogP contribution >= 0.6 is 0 Å². The van der Waals surface area contributed by atoms with Crippen molar-refractivity contribution in [2.45, 2.75) is 26.3 Å². The van der Waals surface area contributed by atoms with E-state index in [2.05, 4.69) is 32.5 Å². The lowest BCUT2D eigenvalue weighted by Gasteiger charge is -2.17. The van der Waals surface area contributed by atoms with Crippen molar-refractivity contribution in [3.05, 3.63) is 41.7 Å². The minimum absolute atomic E-state index is 0.140. The molecule has 1 fully saturated rings. The molecule has 1 N–H and O–H groups in total. The van der Waals surface area contributed by atoms with E-state index in [0.29, 0.717) is 6.61 Å². The number of hydrogen-bond donors (Lipinski definition) is 1. The van der Waals surface area contributed by atoms with Gasteiger partial charge >= 0.3 is 7.12 Å². The van der Waals surface area contributed by atoms with E-state index in [9.17, 15) is 0 Å². The first kappa shape index (κ1) is 12.5. The smallest absolute Gasteiger partial charge is 0.486 e. The maximum Gasteiger partial charge on any atom is 0.869 e. The van der Waals surface area contributed by atoms with Crippen LogP contribution in [-0.4, -0.2) is 22.5 Å². The molecule has 0 spiro atoms. The number of ether oxygens (including phenoxy) is 1. The molecule has 1 aromatic heterocycles. The van der Waals surface area contributed by atoms with E-state index in [1.54, 1.807) is 6.20 Å². The van der Waals surface area contributed by atoms with Gasteiger partial charge in [0.2, 0.25) is 0 Å². The zero-order valence-electron chi connectivity index (χ0n) is 11.8. The van der Waals surface area contributed by atoms with Crippen LogP contribution in [0, 0.1) is 0 Å². The number of rotatable bonds is 4. The molecule has 106 valence electrons. The molecule has 0 radical (unpaired) electrons. The molecule has 2 aromatic rings. The monoisotopic (exact) mass is 284 g/mol. The quantitative estimate of drug-likeness (QED) is 0.405. The van der Waals surface area contributed by atoms with Crippen LogP contribution in [0.25, 0.3) is 5.57 Å². The molecule has 1 saturated heterocycles. The van der Waals surface area contributed by atoms with Gasteiger partial charge in [0.1, 0.15) is 23.6 Å². The van der Waals surface area contributed by atoms with Gasteiger partial charge in [-0.1, -0.05) is 6.58 Å². The summed E-state index contributed by atoms with van der Waals surface area (Å²) in [6.45, 7) is 6.43. The highest BCUT2D eigenvalue weighted by Gasteiger charge is 2.66. The second-order valence-electron chi connectivity index (χ2n) is 5.32. The molecule has 6 nitrogen and oxygen atoms in total. The topological polar surface area (TPSA) is 66.0 Å². The number of aromatic amines is 1. The average molecular weight is 284 g/mol. The van der Waals surface area contributed by atoms with Gasteiger partial charge < -0.3 is 9.17 Å². The van der Waals surface area contributed by atoms with E-state index in [-0.39, 0.29) is 7.12 Å². The van der Waals surface area contributed by atoms with Crippen molar-refractivity contribution in [1.82, 2.24) is 15.4 Å². The summed E-state index contributed by atoms with van der Waals surface area (Å²) in [6, 6.07) is 4.08. The summed E-state index contributed by atoms with van der Waals surface area (Å²) in [5.74, 6) is 1.81. The predicted molar refractivity (Wildman–Crippen MR) is 77.7 cm³/mol. The Hall–Kier alpha value is -2.28. The van der Waals surface area contributed by atoms with Crippen molar-refractivity contribution < 1.29 is 14.0 Å². The first-order chi connectivity index (χ1) is 10.2. The molecule has 0 atom stereocenters. The largest absolute Gasteiger partial charge is 0.869 e. The van der Waals surface area contributed by atoms with E-state index in [0.717, 1.165) is 41.1 Å². The first-order valence-corrected chi connectivity index (χ1v) is 6.93. The fourth-order valence-corrected chi connectivity index (χ4v) is 2.71. The lowest BCUT2D eigenvalue weighted by atomic mass is 9.80. The van der Waals surface area contributed by atoms with Gasteiger partial charge in [0.25, 0.3) is 5.75 Å². The number of allylic oxidation sites excluding steroid dienone is 1. The SMILES string of the molecule is C=C(C)c1c(OCc2cn[nH]n2)ccc2c1[O+]1OB1CC2. The second-order valence-corrected chi connectivity index (χ2v) is 5.32. The summed E-state index contributed by atoms with van der Waals surface area (Å²) in [5, 5.41) is 10.3. The normalized spacial score (nSPS) is 15.5. The first-order valence-electron chi connectivity index (χ1n) is 6.93. The number of aryl methyl sites for hydroxylation is 1. The van der Waals surface area contributed by atoms with Crippen LogP contribution in [0.5, 0.6) is 11.5 Å². The fraction of sp³-hybridized carbons (Fsp3) is 0.286. The van der Waals surface area contributed by atoms with Gasteiger partial charge in [-0.15, -0.1) is 0 Å². The van der Waals surface area contributed by atoms with Gasteiger partial charge in [-0.3, -0.25) is 0 Å². The highest BCUT2D eigenvalue weighted by molar-refractivity contribution is 6.52. The minimum atomic E-state index is 0.140. The van der Waals surface area contributed by atoms with Crippen LogP contribution in [-0.2, 0) is 22.3 Å². The van der Waals surface area contributed by atoms with E-state index >= 15 is 0 Å². The summed E-state index contributed by atoms with van der Waals surface area (Å²) < 4.78 is 8.73. The Bertz CT molecular complexity index is 702. The molecule has 2 aliphatic rings. The summed E-state index contributed by atoms with van der Waals surface area (Å²) in [6.07, 6.45) is 3.66. The van der Waals surface area contributed by atoms with Gasteiger partial charge in [0, 0.05) is 5.56 Å². The highest BCUT2D eigenvalue weighted by atomic mass is 17.4. The van der Waals surface area contributed by atoms with Crippen molar-refractivity contribution >= 4 is 12.7 Å². The Morgan fingerprint density at radius 1 is 1.57 bits per heavy atom. The standard InChI is InChI=1S/C14H15BN3O3/c1-9(2)13-12(19-8-11-7-16-18-17-11)4-3-10-5-6-15-20-21(15)14(10)13/h3-4,7H,1,5-6,8H2,2H3,(H,16,17,18)/q+1. The molecule has 0 bridgehead atoms. The Morgan fingerprint density at radius 3 is 3.24 bits per heavy atom. The van der Waals surface area contributed by atoms with Crippen LogP contribution in [0.15, 0.2) is 24.9 Å². The third kappa shape index (κ3) is 2.10. The molecule has 7 heteroatoms. The van der Waals surface area contributed by atoms with Gasteiger partial charge in [0.05, 0.1) is 12.5 Å². The number of fused-ring (bicyclic) bond motifs is 3. The molecule has 0 aliphatic carbocycles. The minimum Gasteiger partial charge on any atom is -0.486 e. The average Bonchev–Trinajstić information content (AvgIpc) is 3.10. The molecule has 0 amide bonds. The number of hydrogen-bond acceptors (Lipinski definition) is 4. The Balaban J connectivity index is 1.70. The number of nitrogens with one attached hydrogen (secondary N) is 1. The number of benzene rings is 1. The number of H-pyrrole nitrogens is 1. The van der Waals surface area contributed by atoms with Gasteiger partial charge in [-0.05, 0) is 35.9 Å². The van der Waals surface area contributed by atoms with Crippen LogP contribution < -0.4 is 4.74 Å². The van der Waals surface area contributed by atoms with Gasteiger partial charge in [-0.2, -0.15) is 15.4 Å². The van der Waals surface area contributed by atoms with E-state index in [1.165, 1.54) is 5.56 Å². The fourth-order valence-electron chi connectivity index (χ4n) is 2.71. The third-order valence-corrected chi connectivity index (χ3v) is 3.73. The molecule has 2 aliphatic heterocycles.